The zero-order chi connectivity index (χ0) is 20.1. The Balaban J connectivity index is 1.50. The number of esters is 1. The summed E-state index contributed by atoms with van der Waals surface area (Å²) >= 11 is 0. The van der Waals surface area contributed by atoms with Crippen LogP contribution in [0.15, 0.2) is 47.1 Å². The van der Waals surface area contributed by atoms with Crippen molar-refractivity contribution in [1.82, 2.24) is 4.90 Å². The van der Waals surface area contributed by atoms with Gasteiger partial charge in [0.05, 0.1) is 18.7 Å². The van der Waals surface area contributed by atoms with Gasteiger partial charge in [-0.2, -0.15) is 0 Å². The minimum Gasteiger partial charge on any atom is -0.467 e. The third kappa shape index (κ3) is 4.79. The molecule has 7 heteroatoms. The summed E-state index contributed by atoms with van der Waals surface area (Å²) in [6, 6.07) is 11.0. The number of anilines is 1. The predicted molar refractivity (Wildman–Crippen MR) is 102 cm³/mol. The van der Waals surface area contributed by atoms with Gasteiger partial charge in [0.2, 0.25) is 5.91 Å². The summed E-state index contributed by atoms with van der Waals surface area (Å²) in [7, 11) is 0. The first-order valence-electron chi connectivity index (χ1n) is 9.36. The lowest BCUT2D eigenvalue weighted by molar-refractivity contribution is -0.157. The fourth-order valence-electron chi connectivity index (χ4n) is 3.07. The van der Waals surface area contributed by atoms with Gasteiger partial charge >= 0.3 is 5.97 Å². The fraction of sp³-hybridized carbons (Fsp3) is 0.381. The van der Waals surface area contributed by atoms with Crippen LogP contribution in [0.2, 0.25) is 0 Å². The standard InChI is InChI=1S/C21H24N2O5/c1-3-15-6-8-17(9-7-15)22-20(25)14(2)28-21(26)16-11-19(24)23(12-16)13-18-5-4-10-27-18/h4-10,14,16H,3,11-13H2,1-2H3,(H,22,25)/t14-,16-/m0/s1. The van der Waals surface area contributed by atoms with Crippen LogP contribution >= 0.6 is 0 Å². The Labute approximate surface area is 163 Å². The average Bonchev–Trinajstić information content (AvgIpc) is 3.32. The topological polar surface area (TPSA) is 88.8 Å². The Kier molecular flexibility index (Phi) is 6.13. The van der Waals surface area contributed by atoms with Gasteiger partial charge < -0.3 is 19.4 Å². The molecular weight excluding hydrogens is 360 g/mol. The molecule has 2 aromatic rings. The molecule has 0 saturated carbocycles. The zero-order valence-corrected chi connectivity index (χ0v) is 16.0. The molecule has 3 rings (SSSR count). The first-order valence-corrected chi connectivity index (χ1v) is 9.36. The molecule has 1 N–H and O–H groups in total. The Morgan fingerprint density at radius 3 is 2.68 bits per heavy atom. The largest absolute Gasteiger partial charge is 0.467 e. The Hall–Kier alpha value is -3.09. The lowest BCUT2D eigenvalue weighted by Gasteiger charge is -2.17. The predicted octanol–water partition coefficient (Wildman–Crippen LogP) is 2.76. The van der Waals surface area contributed by atoms with E-state index in [1.807, 2.05) is 24.3 Å². The van der Waals surface area contributed by atoms with E-state index in [-0.39, 0.29) is 18.9 Å². The molecule has 0 unspecified atom stereocenters. The number of carbonyl (C=O) groups is 3. The smallest absolute Gasteiger partial charge is 0.312 e. The third-order valence-corrected chi connectivity index (χ3v) is 4.77. The van der Waals surface area contributed by atoms with Crippen molar-refractivity contribution in [2.45, 2.75) is 39.3 Å². The molecule has 2 atom stereocenters. The number of carbonyl (C=O) groups excluding carboxylic acids is 3. The first kappa shape index (κ1) is 19.7. The molecule has 7 nitrogen and oxygen atoms in total. The Bertz CT molecular complexity index is 829. The summed E-state index contributed by atoms with van der Waals surface area (Å²) in [5.74, 6) is -1.01. The molecule has 1 aliphatic rings. The summed E-state index contributed by atoms with van der Waals surface area (Å²) in [6.45, 7) is 4.15. The van der Waals surface area contributed by atoms with E-state index < -0.39 is 23.9 Å². The maximum Gasteiger partial charge on any atom is 0.312 e. The van der Waals surface area contributed by atoms with E-state index in [1.165, 1.54) is 18.8 Å². The number of aryl methyl sites for hydroxylation is 1. The Morgan fingerprint density at radius 1 is 1.29 bits per heavy atom. The number of hydrogen-bond donors (Lipinski definition) is 1. The van der Waals surface area contributed by atoms with E-state index in [0.29, 0.717) is 18.0 Å². The highest BCUT2D eigenvalue weighted by molar-refractivity contribution is 5.95. The van der Waals surface area contributed by atoms with Gasteiger partial charge in [0.15, 0.2) is 6.10 Å². The summed E-state index contributed by atoms with van der Waals surface area (Å²) < 4.78 is 10.5. The van der Waals surface area contributed by atoms with Gasteiger partial charge in [-0.05, 0) is 43.2 Å². The van der Waals surface area contributed by atoms with E-state index in [1.54, 1.807) is 17.0 Å². The van der Waals surface area contributed by atoms with Crippen LogP contribution in [0.1, 0.15) is 31.6 Å². The van der Waals surface area contributed by atoms with Crippen LogP contribution in [0.25, 0.3) is 0 Å². The number of hydrogen-bond acceptors (Lipinski definition) is 5. The van der Waals surface area contributed by atoms with E-state index in [4.69, 9.17) is 9.15 Å². The number of nitrogens with zero attached hydrogens (tertiary/aromatic N) is 1. The molecule has 0 radical (unpaired) electrons. The highest BCUT2D eigenvalue weighted by Crippen LogP contribution is 2.22. The number of nitrogens with one attached hydrogen (secondary N) is 1. The molecule has 1 aliphatic heterocycles. The van der Waals surface area contributed by atoms with Crippen LogP contribution in [0.4, 0.5) is 5.69 Å². The van der Waals surface area contributed by atoms with E-state index in [9.17, 15) is 14.4 Å². The lowest BCUT2D eigenvalue weighted by atomic mass is 10.1. The van der Waals surface area contributed by atoms with Crippen molar-refractivity contribution in [3.63, 3.8) is 0 Å². The van der Waals surface area contributed by atoms with Gasteiger partial charge in [-0.1, -0.05) is 19.1 Å². The minimum atomic E-state index is -0.951. The highest BCUT2D eigenvalue weighted by Gasteiger charge is 2.36. The van der Waals surface area contributed by atoms with Crippen molar-refractivity contribution in [1.29, 1.82) is 0 Å². The van der Waals surface area contributed by atoms with Gasteiger partial charge in [-0.15, -0.1) is 0 Å². The second kappa shape index (κ2) is 8.73. The van der Waals surface area contributed by atoms with Crippen LogP contribution in [0.3, 0.4) is 0 Å². The SMILES string of the molecule is CCc1ccc(NC(=O)[C@H](C)OC(=O)[C@H]2CC(=O)N(Cc3ccco3)C2)cc1. The maximum atomic E-state index is 12.4. The molecule has 1 aromatic heterocycles. The third-order valence-electron chi connectivity index (χ3n) is 4.77. The van der Waals surface area contributed by atoms with Crippen LogP contribution < -0.4 is 5.32 Å². The molecule has 1 fully saturated rings. The molecular formula is C21H24N2O5. The second-order valence-corrected chi connectivity index (χ2v) is 6.87. The monoisotopic (exact) mass is 384 g/mol. The number of rotatable bonds is 7. The number of likely N-dealkylation sites (tertiary alicyclic amines) is 1. The van der Waals surface area contributed by atoms with Crippen LogP contribution in [-0.2, 0) is 32.1 Å². The molecule has 2 heterocycles. The van der Waals surface area contributed by atoms with Crippen molar-refractivity contribution >= 4 is 23.5 Å². The summed E-state index contributed by atoms with van der Waals surface area (Å²) in [5.41, 5.74) is 1.81. The molecule has 0 aliphatic carbocycles. The van der Waals surface area contributed by atoms with Gasteiger partial charge in [-0.3, -0.25) is 14.4 Å². The number of ether oxygens (including phenoxy) is 1. The Morgan fingerprint density at radius 2 is 2.04 bits per heavy atom. The maximum absolute atomic E-state index is 12.4. The lowest BCUT2D eigenvalue weighted by Crippen LogP contribution is -2.33. The fourth-order valence-corrected chi connectivity index (χ4v) is 3.07. The summed E-state index contributed by atoms with van der Waals surface area (Å²) in [5, 5.41) is 2.73. The van der Waals surface area contributed by atoms with Crippen molar-refractivity contribution in [2.75, 3.05) is 11.9 Å². The first-order chi connectivity index (χ1) is 13.5. The van der Waals surface area contributed by atoms with E-state index >= 15 is 0 Å². The number of amides is 2. The van der Waals surface area contributed by atoms with Gasteiger partial charge in [-0.25, -0.2) is 0 Å². The van der Waals surface area contributed by atoms with E-state index in [0.717, 1.165) is 6.42 Å². The molecule has 2 amide bonds. The normalized spacial score (nSPS) is 17.4. The second-order valence-electron chi connectivity index (χ2n) is 6.87. The van der Waals surface area contributed by atoms with Gasteiger partial charge in [0.25, 0.3) is 5.91 Å². The van der Waals surface area contributed by atoms with Crippen LogP contribution in [-0.4, -0.2) is 35.3 Å². The highest BCUT2D eigenvalue weighted by atomic mass is 16.5. The van der Waals surface area contributed by atoms with Gasteiger partial charge in [0.1, 0.15) is 5.76 Å². The quantitative estimate of drug-likeness (QED) is 0.742. The molecule has 28 heavy (non-hydrogen) atoms. The number of furan rings is 1. The molecule has 0 spiro atoms. The molecule has 0 bridgehead atoms. The molecule has 148 valence electrons. The van der Waals surface area contributed by atoms with E-state index in [2.05, 4.69) is 12.2 Å². The van der Waals surface area contributed by atoms with Crippen LogP contribution in [0.5, 0.6) is 0 Å². The average molecular weight is 384 g/mol. The van der Waals surface area contributed by atoms with Crippen molar-refractivity contribution in [3.05, 3.63) is 54.0 Å². The summed E-state index contributed by atoms with van der Waals surface area (Å²) in [4.78, 5) is 38.4. The molecule has 1 saturated heterocycles. The summed E-state index contributed by atoms with van der Waals surface area (Å²) in [6.07, 6.45) is 1.58. The van der Waals surface area contributed by atoms with Crippen molar-refractivity contribution in [3.8, 4) is 0 Å². The zero-order valence-electron chi connectivity index (χ0n) is 16.0. The number of benzene rings is 1. The van der Waals surface area contributed by atoms with Crippen molar-refractivity contribution < 1.29 is 23.5 Å². The molecule has 1 aromatic carbocycles. The van der Waals surface area contributed by atoms with Crippen molar-refractivity contribution in [2.24, 2.45) is 5.92 Å². The van der Waals surface area contributed by atoms with Crippen LogP contribution in [0, 0.1) is 5.92 Å². The van der Waals surface area contributed by atoms with Gasteiger partial charge in [0, 0.05) is 18.7 Å². The minimum absolute atomic E-state index is 0.0758.